The number of amides is 2. The van der Waals surface area contributed by atoms with Crippen molar-refractivity contribution in [2.45, 2.75) is 26.0 Å². The third-order valence-corrected chi connectivity index (χ3v) is 6.68. The Hall–Kier alpha value is -4.04. The molecule has 0 spiro atoms. The van der Waals surface area contributed by atoms with Gasteiger partial charge >= 0.3 is 0 Å². The van der Waals surface area contributed by atoms with Crippen LogP contribution >= 0.6 is 0 Å². The highest BCUT2D eigenvalue weighted by molar-refractivity contribution is 5.97. The number of aromatic nitrogens is 1. The van der Waals surface area contributed by atoms with Crippen molar-refractivity contribution in [3.63, 3.8) is 0 Å². The summed E-state index contributed by atoms with van der Waals surface area (Å²) in [6.45, 7) is 4.03. The minimum Gasteiger partial charge on any atom is -0.472 e. The number of hydrogen-bond acceptors (Lipinski definition) is 5. The molecular weight excluding hydrogens is 485 g/mol. The van der Waals surface area contributed by atoms with E-state index in [0.717, 1.165) is 11.1 Å². The monoisotopic (exact) mass is 517 g/mol. The third kappa shape index (κ3) is 6.26. The summed E-state index contributed by atoms with van der Waals surface area (Å²) in [7, 11) is 1.63. The van der Waals surface area contributed by atoms with Gasteiger partial charge in [0.2, 0.25) is 5.88 Å². The van der Waals surface area contributed by atoms with Crippen molar-refractivity contribution in [3.05, 3.63) is 94.9 Å². The molecule has 0 saturated carbocycles. The number of carbonyl (C=O) groups is 2. The molecule has 0 aliphatic carbocycles. The predicted molar refractivity (Wildman–Crippen MR) is 144 cm³/mol. The van der Waals surface area contributed by atoms with Crippen molar-refractivity contribution >= 4 is 24.0 Å². The molecule has 3 aromatic rings. The molecule has 0 fully saturated rings. The third-order valence-electron chi connectivity index (χ3n) is 6.68. The van der Waals surface area contributed by atoms with Crippen LogP contribution in [-0.2, 0) is 0 Å². The summed E-state index contributed by atoms with van der Waals surface area (Å²) >= 11 is 0. The van der Waals surface area contributed by atoms with Crippen molar-refractivity contribution < 1.29 is 23.8 Å². The molecule has 1 aliphatic rings. The zero-order valence-corrected chi connectivity index (χ0v) is 21.8. The van der Waals surface area contributed by atoms with Crippen LogP contribution in [0.25, 0.3) is 12.2 Å². The number of hydrogen-bond donors (Lipinski definition) is 1. The summed E-state index contributed by atoms with van der Waals surface area (Å²) in [5.41, 5.74) is 2.27. The Bertz CT molecular complexity index is 1310. The van der Waals surface area contributed by atoms with Crippen LogP contribution in [0.15, 0.2) is 66.9 Å². The molecule has 2 aromatic carbocycles. The topological polar surface area (TPSA) is 83.0 Å². The number of likely N-dealkylation sites (N-methyl/N-ethyl adjacent to an activating group) is 1. The molecule has 3 atom stereocenters. The Morgan fingerprint density at radius 3 is 2.63 bits per heavy atom. The molecule has 0 bridgehead atoms. The quantitative estimate of drug-likeness (QED) is 0.503. The van der Waals surface area contributed by atoms with Gasteiger partial charge < -0.3 is 19.6 Å². The minimum absolute atomic E-state index is 0.171. The smallest absolute Gasteiger partial charge is 0.259 e. The Kier molecular flexibility index (Phi) is 8.53. The van der Waals surface area contributed by atoms with Gasteiger partial charge in [-0.25, -0.2) is 9.37 Å². The molecule has 1 aliphatic heterocycles. The van der Waals surface area contributed by atoms with Gasteiger partial charge in [0.25, 0.3) is 11.8 Å². The van der Waals surface area contributed by atoms with E-state index >= 15 is 0 Å². The fourth-order valence-corrected chi connectivity index (χ4v) is 4.38. The summed E-state index contributed by atoms with van der Waals surface area (Å²) in [5.74, 6) is -1.12. The number of carbonyl (C=O) groups excluding carboxylic acids is 2. The van der Waals surface area contributed by atoms with E-state index in [1.807, 2.05) is 49.4 Å². The molecule has 8 heteroatoms. The van der Waals surface area contributed by atoms with Gasteiger partial charge in [-0.15, -0.1) is 0 Å². The Labute approximate surface area is 222 Å². The fraction of sp³-hybridized carbons (Fsp3) is 0.300. The SMILES string of the molecule is C[C@@H]1CN([C@H](C)CO)C(=O)c2cc(/C=C/c3ccccc3)cnc2O[C@@H]1CN(C)C(=O)c1cccc(F)c1. The number of aliphatic hydroxyl groups excluding tert-OH is 1. The maximum absolute atomic E-state index is 13.7. The maximum Gasteiger partial charge on any atom is 0.259 e. The second kappa shape index (κ2) is 12.0. The summed E-state index contributed by atoms with van der Waals surface area (Å²) < 4.78 is 19.9. The normalized spacial score (nSPS) is 18.3. The Morgan fingerprint density at radius 2 is 1.92 bits per heavy atom. The fourth-order valence-electron chi connectivity index (χ4n) is 4.38. The lowest BCUT2D eigenvalue weighted by Gasteiger charge is -2.37. The minimum atomic E-state index is -0.504. The van der Waals surface area contributed by atoms with Gasteiger partial charge in [0.1, 0.15) is 17.5 Å². The van der Waals surface area contributed by atoms with Gasteiger partial charge in [0, 0.05) is 31.3 Å². The second-order valence-electron chi connectivity index (χ2n) is 9.68. The van der Waals surface area contributed by atoms with Crippen LogP contribution in [0.1, 0.15) is 45.7 Å². The lowest BCUT2D eigenvalue weighted by atomic mass is 9.99. The summed E-state index contributed by atoms with van der Waals surface area (Å²) in [5, 5.41) is 9.86. The van der Waals surface area contributed by atoms with E-state index in [0.29, 0.717) is 6.54 Å². The number of rotatable bonds is 7. The molecule has 2 amide bonds. The number of aliphatic hydroxyl groups is 1. The van der Waals surface area contributed by atoms with E-state index in [-0.39, 0.29) is 47.9 Å². The van der Waals surface area contributed by atoms with Crippen molar-refractivity contribution in [3.8, 4) is 5.88 Å². The molecule has 0 radical (unpaired) electrons. The van der Waals surface area contributed by atoms with Crippen molar-refractivity contribution in [2.24, 2.45) is 5.92 Å². The molecule has 0 saturated heterocycles. The average Bonchev–Trinajstić information content (AvgIpc) is 2.93. The Morgan fingerprint density at radius 1 is 1.18 bits per heavy atom. The largest absolute Gasteiger partial charge is 0.472 e. The first-order chi connectivity index (χ1) is 18.3. The van der Waals surface area contributed by atoms with Crippen molar-refractivity contribution in [2.75, 3.05) is 26.7 Å². The first-order valence-electron chi connectivity index (χ1n) is 12.6. The first kappa shape index (κ1) is 27.0. The van der Waals surface area contributed by atoms with Crippen LogP contribution < -0.4 is 4.74 Å². The molecule has 1 N–H and O–H groups in total. The van der Waals surface area contributed by atoms with E-state index in [9.17, 15) is 19.1 Å². The van der Waals surface area contributed by atoms with Gasteiger partial charge in [0.05, 0.1) is 19.2 Å². The van der Waals surface area contributed by atoms with Gasteiger partial charge in [-0.05, 0) is 42.3 Å². The molecule has 0 unspecified atom stereocenters. The number of pyridine rings is 1. The number of nitrogens with zero attached hydrogens (tertiary/aromatic N) is 3. The van der Waals surface area contributed by atoms with Crippen molar-refractivity contribution in [1.29, 1.82) is 0 Å². The molecular formula is C30H32FN3O4. The Balaban J connectivity index is 1.64. The van der Waals surface area contributed by atoms with Gasteiger partial charge in [0.15, 0.2) is 0 Å². The van der Waals surface area contributed by atoms with E-state index in [4.69, 9.17) is 4.74 Å². The van der Waals surface area contributed by atoms with Gasteiger partial charge in [-0.3, -0.25) is 9.59 Å². The molecule has 7 nitrogen and oxygen atoms in total. The van der Waals surface area contributed by atoms with Gasteiger partial charge in [-0.1, -0.05) is 55.5 Å². The van der Waals surface area contributed by atoms with E-state index in [1.54, 1.807) is 37.2 Å². The number of halogens is 1. The van der Waals surface area contributed by atoms with Crippen LogP contribution in [0.5, 0.6) is 5.88 Å². The van der Waals surface area contributed by atoms with Gasteiger partial charge in [-0.2, -0.15) is 0 Å². The molecule has 198 valence electrons. The number of benzene rings is 2. The average molecular weight is 518 g/mol. The van der Waals surface area contributed by atoms with Crippen LogP contribution in [0.2, 0.25) is 0 Å². The first-order valence-corrected chi connectivity index (χ1v) is 12.6. The zero-order chi connectivity index (χ0) is 27.2. The molecule has 1 aromatic heterocycles. The molecule has 2 heterocycles. The lowest BCUT2D eigenvalue weighted by molar-refractivity contribution is 0.0313. The van der Waals surface area contributed by atoms with E-state index < -0.39 is 18.0 Å². The standard InChI is InChI=1S/C30H32FN3O4/c1-20-17-34(21(2)19-35)30(37)26-14-23(13-12-22-8-5-4-6-9-22)16-32-28(26)38-27(20)18-33(3)29(36)24-10-7-11-25(31)15-24/h4-16,20-21,27,35H,17-19H2,1-3H3/b13-12+/t20-,21-,27-/m1/s1. The van der Waals surface area contributed by atoms with Crippen LogP contribution in [0, 0.1) is 11.7 Å². The molecule has 38 heavy (non-hydrogen) atoms. The number of fused-ring (bicyclic) bond motifs is 1. The highest BCUT2D eigenvalue weighted by Crippen LogP contribution is 2.28. The van der Waals surface area contributed by atoms with Crippen LogP contribution in [0.3, 0.4) is 0 Å². The lowest BCUT2D eigenvalue weighted by Crippen LogP contribution is -2.50. The zero-order valence-electron chi connectivity index (χ0n) is 21.8. The summed E-state index contributed by atoms with van der Waals surface area (Å²) in [4.78, 5) is 34.1. The summed E-state index contributed by atoms with van der Waals surface area (Å²) in [6, 6.07) is 16.6. The van der Waals surface area contributed by atoms with Crippen LogP contribution in [-0.4, -0.2) is 70.6 Å². The van der Waals surface area contributed by atoms with E-state index in [1.165, 1.54) is 23.1 Å². The second-order valence-corrected chi connectivity index (χ2v) is 9.68. The maximum atomic E-state index is 13.7. The highest BCUT2D eigenvalue weighted by atomic mass is 19.1. The van der Waals surface area contributed by atoms with Crippen molar-refractivity contribution in [1.82, 2.24) is 14.8 Å². The van der Waals surface area contributed by atoms with Crippen LogP contribution in [0.4, 0.5) is 4.39 Å². The predicted octanol–water partition coefficient (Wildman–Crippen LogP) is 4.38. The number of ether oxygens (including phenoxy) is 1. The van der Waals surface area contributed by atoms with E-state index in [2.05, 4.69) is 4.98 Å². The highest BCUT2D eigenvalue weighted by Gasteiger charge is 2.34. The summed E-state index contributed by atoms with van der Waals surface area (Å²) in [6.07, 6.45) is 4.94. The molecule has 4 rings (SSSR count).